The summed E-state index contributed by atoms with van der Waals surface area (Å²) < 4.78 is 6.26. The summed E-state index contributed by atoms with van der Waals surface area (Å²) >= 11 is 0. The molecule has 1 aliphatic carbocycles. The van der Waals surface area contributed by atoms with Crippen LogP contribution >= 0.6 is 0 Å². The van der Waals surface area contributed by atoms with E-state index >= 15 is 0 Å². The van der Waals surface area contributed by atoms with Gasteiger partial charge in [0.1, 0.15) is 11.2 Å². The molecule has 9 aromatic carbocycles. The second-order valence-corrected chi connectivity index (χ2v) is 16.9. The van der Waals surface area contributed by atoms with E-state index in [-0.39, 0.29) is 5.41 Å². The molecule has 0 amide bonds. The van der Waals surface area contributed by atoms with Gasteiger partial charge in [-0.05, 0) is 115 Å². The standard InChI is InChI=1S/C59H40N2O/c1-59(2)52-25-12-10-21-47(52)50-35-40(27-29-53(50)59)45-20-8-9-22-48(45)55-36-54(60-58(61-55)38-16-4-3-5-17-38)43-32-41(31-42(33-43)46-24-14-18-37-15-6-7-19-44(37)46)39-28-30-57-51(34-39)49-23-11-13-26-56(49)62-57/h3-36H,1-2H3. The van der Waals surface area contributed by atoms with Crippen molar-refractivity contribution in [2.75, 3.05) is 0 Å². The number of para-hydroxylation sites is 1. The number of furan rings is 1. The molecule has 62 heavy (non-hydrogen) atoms. The van der Waals surface area contributed by atoms with E-state index in [9.17, 15) is 0 Å². The van der Waals surface area contributed by atoms with Gasteiger partial charge in [0.25, 0.3) is 0 Å². The molecule has 3 heteroatoms. The van der Waals surface area contributed by atoms with Crippen molar-refractivity contribution in [1.82, 2.24) is 9.97 Å². The van der Waals surface area contributed by atoms with Crippen LogP contribution in [0, 0.1) is 0 Å². The van der Waals surface area contributed by atoms with E-state index in [0.717, 1.165) is 77.8 Å². The zero-order valence-corrected chi connectivity index (χ0v) is 34.4. The van der Waals surface area contributed by atoms with Gasteiger partial charge >= 0.3 is 0 Å². The van der Waals surface area contributed by atoms with E-state index in [0.29, 0.717) is 5.82 Å². The molecule has 0 atom stereocenters. The summed E-state index contributed by atoms with van der Waals surface area (Å²) in [6.07, 6.45) is 0. The molecule has 0 radical (unpaired) electrons. The van der Waals surface area contributed by atoms with Crippen molar-refractivity contribution in [3.05, 3.63) is 217 Å². The van der Waals surface area contributed by atoms with Gasteiger partial charge in [0.05, 0.1) is 11.4 Å². The number of benzene rings is 9. The second kappa shape index (κ2) is 14.1. The first kappa shape index (κ1) is 36.0. The third kappa shape index (κ3) is 5.89. The number of nitrogens with zero attached hydrogens (tertiary/aromatic N) is 2. The van der Waals surface area contributed by atoms with Crippen molar-refractivity contribution in [3.8, 4) is 78.4 Å². The Bertz CT molecular complexity index is 3550. The van der Waals surface area contributed by atoms with E-state index in [2.05, 4.69) is 202 Å². The average molecular weight is 793 g/mol. The molecule has 0 N–H and O–H groups in total. The van der Waals surface area contributed by atoms with Gasteiger partial charge < -0.3 is 4.42 Å². The largest absolute Gasteiger partial charge is 0.456 e. The Morgan fingerprint density at radius 2 is 0.968 bits per heavy atom. The van der Waals surface area contributed by atoms with Crippen molar-refractivity contribution in [2.45, 2.75) is 19.3 Å². The minimum atomic E-state index is -0.0619. The monoisotopic (exact) mass is 792 g/mol. The topological polar surface area (TPSA) is 38.9 Å². The summed E-state index contributed by atoms with van der Waals surface area (Å²) in [7, 11) is 0. The van der Waals surface area contributed by atoms with Crippen LogP contribution in [0.4, 0.5) is 0 Å². The highest BCUT2D eigenvalue weighted by molar-refractivity contribution is 6.07. The minimum Gasteiger partial charge on any atom is -0.456 e. The summed E-state index contributed by atoms with van der Waals surface area (Å²) in [6, 6.07) is 73.9. The van der Waals surface area contributed by atoms with Crippen LogP contribution in [0.15, 0.2) is 211 Å². The van der Waals surface area contributed by atoms with Crippen LogP contribution in [-0.4, -0.2) is 9.97 Å². The quantitative estimate of drug-likeness (QED) is 0.168. The van der Waals surface area contributed by atoms with Gasteiger partial charge in [0.2, 0.25) is 0 Å². The molecular formula is C59H40N2O. The van der Waals surface area contributed by atoms with Gasteiger partial charge in [-0.15, -0.1) is 0 Å². The van der Waals surface area contributed by atoms with Crippen molar-refractivity contribution in [2.24, 2.45) is 0 Å². The first-order valence-corrected chi connectivity index (χ1v) is 21.3. The van der Waals surface area contributed by atoms with Gasteiger partial charge in [-0.3, -0.25) is 0 Å². The van der Waals surface area contributed by atoms with Crippen LogP contribution in [0.5, 0.6) is 0 Å². The predicted molar refractivity (Wildman–Crippen MR) is 257 cm³/mol. The predicted octanol–water partition coefficient (Wildman–Crippen LogP) is 15.8. The molecule has 3 nitrogen and oxygen atoms in total. The maximum absolute atomic E-state index is 6.26. The molecule has 0 bridgehead atoms. The molecule has 0 saturated carbocycles. The molecular weight excluding hydrogens is 753 g/mol. The lowest BCUT2D eigenvalue weighted by Crippen LogP contribution is -2.14. The lowest BCUT2D eigenvalue weighted by Gasteiger charge is -2.21. The fourth-order valence-electron chi connectivity index (χ4n) is 9.78. The van der Waals surface area contributed by atoms with Gasteiger partial charge in [0, 0.05) is 32.9 Å². The molecule has 0 aliphatic heterocycles. The zero-order valence-electron chi connectivity index (χ0n) is 34.4. The number of rotatable bonds is 6. The third-order valence-electron chi connectivity index (χ3n) is 12.9. The summed E-state index contributed by atoms with van der Waals surface area (Å²) in [5, 5.41) is 4.62. The molecule has 0 spiro atoms. The van der Waals surface area contributed by atoms with E-state index < -0.39 is 0 Å². The SMILES string of the molecule is CC1(C)c2ccccc2-c2cc(-c3ccccc3-c3cc(-c4cc(-c5ccc6oc7ccccc7c6c5)cc(-c5cccc6ccccc56)c4)nc(-c4ccccc4)n3)ccc21. The first-order chi connectivity index (χ1) is 30.5. The summed E-state index contributed by atoms with van der Waals surface area (Å²) in [4.78, 5) is 10.7. The number of aromatic nitrogens is 2. The minimum absolute atomic E-state index is 0.0619. The second-order valence-electron chi connectivity index (χ2n) is 16.9. The van der Waals surface area contributed by atoms with E-state index in [1.807, 2.05) is 18.2 Å². The van der Waals surface area contributed by atoms with E-state index in [4.69, 9.17) is 14.4 Å². The molecule has 292 valence electrons. The lowest BCUT2D eigenvalue weighted by molar-refractivity contribution is 0.660. The van der Waals surface area contributed by atoms with Crippen LogP contribution in [-0.2, 0) is 5.41 Å². The molecule has 2 aromatic heterocycles. The van der Waals surface area contributed by atoms with E-state index in [1.54, 1.807) is 0 Å². The van der Waals surface area contributed by atoms with Crippen molar-refractivity contribution in [1.29, 1.82) is 0 Å². The number of hydrogen-bond acceptors (Lipinski definition) is 3. The van der Waals surface area contributed by atoms with Gasteiger partial charge in [-0.2, -0.15) is 0 Å². The van der Waals surface area contributed by atoms with E-state index in [1.165, 1.54) is 38.6 Å². The average Bonchev–Trinajstić information content (AvgIpc) is 3.82. The Morgan fingerprint density at radius 3 is 1.85 bits per heavy atom. The van der Waals surface area contributed by atoms with Crippen LogP contribution in [0.25, 0.3) is 111 Å². The third-order valence-corrected chi connectivity index (χ3v) is 12.9. The molecule has 0 unspecified atom stereocenters. The summed E-state index contributed by atoms with van der Waals surface area (Å²) in [6.45, 7) is 4.66. The van der Waals surface area contributed by atoms with Crippen LogP contribution < -0.4 is 0 Å². The van der Waals surface area contributed by atoms with Crippen molar-refractivity contribution >= 4 is 32.7 Å². The highest BCUT2D eigenvalue weighted by Gasteiger charge is 2.35. The highest BCUT2D eigenvalue weighted by atomic mass is 16.3. The molecule has 11 aromatic rings. The number of hydrogen-bond donors (Lipinski definition) is 0. The first-order valence-electron chi connectivity index (χ1n) is 21.3. The van der Waals surface area contributed by atoms with Crippen LogP contribution in [0.2, 0.25) is 0 Å². The Hall–Kier alpha value is -7.88. The summed E-state index contributed by atoms with van der Waals surface area (Å²) in [5.74, 6) is 0.681. The molecule has 0 saturated heterocycles. The fraction of sp³-hybridized carbons (Fsp3) is 0.0508. The zero-order chi connectivity index (χ0) is 41.4. The Balaban J connectivity index is 1.07. The van der Waals surface area contributed by atoms with Crippen molar-refractivity contribution < 1.29 is 4.42 Å². The maximum atomic E-state index is 6.26. The Labute approximate surface area is 360 Å². The maximum Gasteiger partial charge on any atom is 0.160 e. The summed E-state index contributed by atoms with van der Waals surface area (Å²) in [5.41, 5.74) is 18.6. The van der Waals surface area contributed by atoms with Crippen LogP contribution in [0.3, 0.4) is 0 Å². The highest BCUT2D eigenvalue weighted by Crippen LogP contribution is 2.50. The van der Waals surface area contributed by atoms with Gasteiger partial charge in [-0.25, -0.2) is 9.97 Å². The van der Waals surface area contributed by atoms with Gasteiger partial charge in [-0.1, -0.05) is 172 Å². The molecule has 2 heterocycles. The lowest BCUT2D eigenvalue weighted by atomic mass is 9.82. The van der Waals surface area contributed by atoms with Gasteiger partial charge in [0.15, 0.2) is 5.82 Å². The molecule has 12 rings (SSSR count). The Kier molecular flexibility index (Phi) is 8.20. The van der Waals surface area contributed by atoms with Crippen LogP contribution in [0.1, 0.15) is 25.0 Å². The Morgan fingerprint density at radius 1 is 0.339 bits per heavy atom. The smallest absolute Gasteiger partial charge is 0.160 e. The molecule has 1 aliphatic rings. The van der Waals surface area contributed by atoms with Crippen molar-refractivity contribution in [3.63, 3.8) is 0 Å². The number of fused-ring (bicyclic) bond motifs is 7. The molecule has 0 fully saturated rings. The fourth-order valence-corrected chi connectivity index (χ4v) is 9.78. The normalized spacial score (nSPS) is 12.8.